The summed E-state index contributed by atoms with van der Waals surface area (Å²) >= 11 is 0. The third-order valence-electron chi connectivity index (χ3n) is 3.91. The van der Waals surface area contributed by atoms with Gasteiger partial charge < -0.3 is 5.32 Å². The second-order valence-corrected chi connectivity index (χ2v) is 5.31. The number of benzene rings is 1. The van der Waals surface area contributed by atoms with Crippen molar-refractivity contribution in [1.82, 2.24) is 14.8 Å². The fraction of sp³-hybridized carbons (Fsp3) is 0.250. The Hall–Kier alpha value is -2.36. The molecule has 1 aliphatic heterocycles. The Balaban J connectivity index is 1.90. The molecule has 0 saturated carbocycles. The van der Waals surface area contributed by atoms with E-state index in [2.05, 4.69) is 57.3 Å². The van der Waals surface area contributed by atoms with E-state index in [-0.39, 0.29) is 0 Å². The van der Waals surface area contributed by atoms with E-state index in [1.165, 1.54) is 11.1 Å². The molecule has 3 aromatic rings. The maximum Gasteiger partial charge on any atom is 0.183 e. The number of anilines is 1. The van der Waals surface area contributed by atoms with Crippen molar-refractivity contribution in [2.75, 3.05) is 11.9 Å². The summed E-state index contributed by atoms with van der Waals surface area (Å²) in [5.74, 6) is 1.09. The highest BCUT2D eigenvalue weighted by molar-refractivity contribution is 5.87. The lowest BCUT2D eigenvalue weighted by atomic mass is 10.0. The molecule has 0 amide bonds. The van der Waals surface area contributed by atoms with Gasteiger partial charge in [-0.05, 0) is 31.0 Å². The minimum atomic E-state index is 0.292. The third kappa shape index (κ3) is 1.68. The van der Waals surface area contributed by atoms with Crippen molar-refractivity contribution >= 4 is 16.9 Å². The average molecular weight is 264 g/mol. The molecular formula is C16H16N4. The van der Waals surface area contributed by atoms with Crippen molar-refractivity contribution in [2.45, 2.75) is 19.4 Å². The van der Waals surface area contributed by atoms with Crippen molar-refractivity contribution < 1.29 is 0 Å². The Morgan fingerprint density at radius 3 is 3.10 bits per heavy atom. The zero-order chi connectivity index (χ0) is 13.5. The van der Waals surface area contributed by atoms with Gasteiger partial charge in [-0.2, -0.15) is 0 Å². The molecule has 100 valence electrons. The lowest BCUT2D eigenvalue weighted by Gasteiger charge is -2.26. The Morgan fingerprint density at radius 1 is 1.25 bits per heavy atom. The Labute approximate surface area is 117 Å². The van der Waals surface area contributed by atoms with Gasteiger partial charge >= 0.3 is 0 Å². The van der Waals surface area contributed by atoms with Crippen molar-refractivity contribution in [3.63, 3.8) is 0 Å². The molecule has 1 atom stereocenters. The van der Waals surface area contributed by atoms with Gasteiger partial charge in [0.2, 0.25) is 0 Å². The van der Waals surface area contributed by atoms with E-state index in [4.69, 9.17) is 0 Å². The van der Waals surface area contributed by atoms with Gasteiger partial charge in [-0.25, -0.2) is 9.67 Å². The first kappa shape index (κ1) is 11.5. The van der Waals surface area contributed by atoms with Crippen LogP contribution in [0.15, 0.2) is 42.6 Å². The van der Waals surface area contributed by atoms with Crippen LogP contribution in [0.25, 0.3) is 11.0 Å². The van der Waals surface area contributed by atoms with E-state index >= 15 is 0 Å². The fourth-order valence-electron chi connectivity index (χ4n) is 2.97. The van der Waals surface area contributed by atoms with Crippen LogP contribution in [0.4, 0.5) is 5.82 Å². The number of fused-ring (bicyclic) bond motifs is 3. The van der Waals surface area contributed by atoms with E-state index in [9.17, 15) is 0 Å². The molecule has 1 aliphatic rings. The number of hydrogen-bond donors (Lipinski definition) is 1. The first-order chi connectivity index (χ1) is 9.83. The number of nitrogens with one attached hydrogen (secondary N) is 1. The molecule has 4 heteroatoms. The Bertz CT molecular complexity index is 775. The van der Waals surface area contributed by atoms with E-state index in [1.807, 2.05) is 6.07 Å². The highest BCUT2D eigenvalue weighted by Crippen LogP contribution is 2.33. The normalized spacial score (nSPS) is 17.8. The maximum absolute atomic E-state index is 4.68. The highest BCUT2D eigenvalue weighted by Gasteiger charge is 2.24. The van der Waals surface area contributed by atoms with Crippen LogP contribution in [-0.4, -0.2) is 21.3 Å². The molecule has 1 aromatic carbocycles. The second kappa shape index (κ2) is 4.34. The molecule has 0 radical (unpaired) electrons. The minimum absolute atomic E-state index is 0.292. The van der Waals surface area contributed by atoms with Gasteiger partial charge in [-0.15, -0.1) is 5.10 Å². The van der Waals surface area contributed by atoms with Gasteiger partial charge in [-0.3, -0.25) is 0 Å². The molecule has 0 saturated heterocycles. The predicted molar refractivity (Wildman–Crippen MR) is 80.0 cm³/mol. The fourth-order valence-corrected chi connectivity index (χ4v) is 2.97. The summed E-state index contributed by atoms with van der Waals surface area (Å²) in [6, 6.07) is 13.0. The smallest absolute Gasteiger partial charge is 0.183 e. The predicted octanol–water partition coefficient (Wildman–Crippen LogP) is 3.14. The van der Waals surface area contributed by atoms with Crippen LogP contribution in [0.5, 0.6) is 0 Å². The van der Waals surface area contributed by atoms with Gasteiger partial charge in [0.05, 0.1) is 11.4 Å². The van der Waals surface area contributed by atoms with Gasteiger partial charge in [0.25, 0.3) is 0 Å². The second-order valence-electron chi connectivity index (χ2n) is 5.31. The van der Waals surface area contributed by atoms with Gasteiger partial charge in [-0.1, -0.05) is 29.8 Å². The molecule has 0 bridgehead atoms. The Kier molecular flexibility index (Phi) is 2.49. The molecule has 0 aliphatic carbocycles. The quantitative estimate of drug-likeness (QED) is 0.734. The highest BCUT2D eigenvalue weighted by atomic mass is 15.4. The zero-order valence-electron chi connectivity index (χ0n) is 11.4. The van der Waals surface area contributed by atoms with Crippen molar-refractivity contribution in [3.05, 3.63) is 53.7 Å². The molecule has 2 aromatic heterocycles. The molecule has 0 spiro atoms. The molecule has 4 rings (SSSR count). The summed E-state index contributed by atoms with van der Waals surface area (Å²) in [6.45, 7) is 3.10. The van der Waals surface area contributed by atoms with Crippen LogP contribution in [0, 0.1) is 6.92 Å². The molecule has 1 N–H and O–H groups in total. The summed E-state index contributed by atoms with van der Waals surface area (Å²) in [7, 11) is 0. The molecule has 0 fully saturated rings. The Morgan fingerprint density at radius 2 is 2.20 bits per heavy atom. The summed E-state index contributed by atoms with van der Waals surface area (Å²) in [5.41, 5.74) is 3.42. The van der Waals surface area contributed by atoms with Crippen LogP contribution in [0.3, 0.4) is 0 Å². The monoisotopic (exact) mass is 264 g/mol. The molecule has 1 unspecified atom stereocenters. The first-order valence-electron chi connectivity index (χ1n) is 6.96. The van der Waals surface area contributed by atoms with E-state index in [0.717, 1.165) is 29.8 Å². The number of pyridine rings is 1. The van der Waals surface area contributed by atoms with Crippen molar-refractivity contribution in [2.24, 2.45) is 0 Å². The number of hydrogen-bond acceptors (Lipinski definition) is 3. The lowest BCUT2D eigenvalue weighted by Crippen LogP contribution is -2.24. The molecule has 4 nitrogen and oxygen atoms in total. The summed E-state index contributed by atoms with van der Waals surface area (Å²) in [4.78, 5) is 4.36. The number of aryl methyl sites for hydroxylation is 1. The van der Waals surface area contributed by atoms with Crippen LogP contribution in [0.2, 0.25) is 0 Å². The van der Waals surface area contributed by atoms with Crippen LogP contribution in [0.1, 0.15) is 23.6 Å². The van der Waals surface area contributed by atoms with Gasteiger partial charge in [0.15, 0.2) is 5.65 Å². The topological polar surface area (TPSA) is 42.7 Å². The summed E-state index contributed by atoms with van der Waals surface area (Å²) in [6.07, 6.45) is 2.84. The largest absolute Gasteiger partial charge is 0.370 e. The van der Waals surface area contributed by atoms with Crippen LogP contribution in [-0.2, 0) is 0 Å². The van der Waals surface area contributed by atoms with Crippen LogP contribution < -0.4 is 5.32 Å². The van der Waals surface area contributed by atoms with Gasteiger partial charge in [0.1, 0.15) is 5.82 Å². The number of nitrogens with zero attached hydrogens (tertiary/aromatic N) is 3. The average Bonchev–Trinajstić information content (AvgIpc) is 2.86. The number of rotatable bonds is 1. The molecule has 3 heterocycles. The van der Waals surface area contributed by atoms with Crippen molar-refractivity contribution in [1.29, 1.82) is 0 Å². The number of aromatic nitrogens is 3. The SMILES string of the molecule is Cc1cccc(C2CCNc3c4cccnc4nn32)c1. The van der Waals surface area contributed by atoms with Crippen molar-refractivity contribution in [3.8, 4) is 0 Å². The third-order valence-corrected chi connectivity index (χ3v) is 3.91. The molecule has 20 heavy (non-hydrogen) atoms. The summed E-state index contributed by atoms with van der Waals surface area (Å²) in [5, 5.41) is 9.25. The lowest BCUT2D eigenvalue weighted by molar-refractivity contribution is 0.485. The standard InChI is InChI=1S/C16H16N4/c1-11-4-2-5-12(10-11)14-7-9-18-16-13-6-3-8-17-15(13)19-20(14)16/h2-6,8,10,14,18H,7,9H2,1H3. The van der Waals surface area contributed by atoms with E-state index in [0.29, 0.717) is 6.04 Å². The zero-order valence-corrected chi connectivity index (χ0v) is 11.4. The van der Waals surface area contributed by atoms with E-state index < -0.39 is 0 Å². The first-order valence-corrected chi connectivity index (χ1v) is 6.96. The van der Waals surface area contributed by atoms with Crippen LogP contribution >= 0.6 is 0 Å². The molecular weight excluding hydrogens is 248 g/mol. The van der Waals surface area contributed by atoms with E-state index in [1.54, 1.807) is 6.20 Å². The van der Waals surface area contributed by atoms with Gasteiger partial charge in [0, 0.05) is 12.7 Å². The summed E-state index contributed by atoms with van der Waals surface area (Å²) < 4.78 is 2.09. The maximum atomic E-state index is 4.68. The minimum Gasteiger partial charge on any atom is -0.370 e.